The van der Waals surface area contributed by atoms with Gasteiger partial charge in [0.05, 0.1) is 0 Å². The van der Waals surface area contributed by atoms with Gasteiger partial charge in [-0.1, -0.05) is 30.3 Å². The van der Waals surface area contributed by atoms with Gasteiger partial charge in [-0.25, -0.2) is 9.59 Å². The average molecular weight is 334 g/mol. The maximum absolute atomic E-state index is 12.1. The predicted molar refractivity (Wildman–Crippen MR) is 90.7 cm³/mol. The minimum Gasteiger partial charge on any atom is -0.479 e. The van der Waals surface area contributed by atoms with E-state index in [1.165, 1.54) is 0 Å². The van der Waals surface area contributed by atoms with Crippen LogP contribution in [0.3, 0.4) is 0 Å². The van der Waals surface area contributed by atoms with E-state index in [4.69, 9.17) is 4.74 Å². The predicted octanol–water partition coefficient (Wildman–Crippen LogP) is 2.63. The number of carboxylic acids is 1. The number of hydrogen-bond acceptors (Lipinski definition) is 4. The Morgan fingerprint density at radius 2 is 1.96 bits per heavy atom. The number of carbonyl (C=O) groups is 2. The molecular weight excluding hydrogens is 308 g/mol. The van der Waals surface area contributed by atoms with E-state index in [9.17, 15) is 14.7 Å². The van der Waals surface area contributed by atoms with Gasteiger partial charge < -0.3 is 15.2 Å². The van der Waals surface area contributed by atoms with Crippen molar-refractivity contribution in [2.75, 3.05) is 13.1 Å². The number of ether oxygens (including phenoxy) is 1. The first-order chi connectivity index (χ1) is 11.2. The van der Waals surface area contributed by atoms with Crippen molar-refractivity contribution >= 4 is 12.1 Å². The fourth-order valence-corrected chi connectivity index (χ4v) is 2.95. The van der Waals surface area contributed by atoms with Crippen molar-refractivity contribution in [1.82, 2.24) is 10.2 Å². The standard InChI is InChI=1S/C18H26N2O4/c1-17(2,3)24-16(23)19-18(15(21)22)10-7-11-20(13-18)12-14-8-5-4-6-9-14/h4-6,8-9H,7,10-13H2,1-3H3,(H,19,23)(H,21,22)/t18-/m1/s1. The first kappa shape index (κ1) is 18.3. The number of alkyl carbamates (subject to hydrolysis) is 1. The Kier molecular flexibility index (Phi) is 5.49. The van der Waals surface area contributed by atoms with Gasteiger partial charge in [0.2, 0.25) is 0 Å². The molecule has 0 bridgehead atoms. The van der Waals surface area contributed by atoms with Crippen LogP contribution >= 0.6 is 0 Å². The third-order valence-electron chi connectivity index (χ3n) is 3.97. The molecule has 1 aliphatic heterocycles. The van der Waals surface area contributed by atoms with Crippen LogP contribution in [0.4, 0.5) is 4.79 Å². The molecule has 1 aromatic carbocycles. The van der Waals surface area contributed by atoms with E-state index in [1.54, 1.807) is 20.8 Å². The van der Waals surface area contributed by atoms with E-state index in [1.807, 2.05) is 30.3 Å². The minimum absolute atomic E-state index is 0.260. The van der Waals surface area contributed by atoms with E-state index in [-0.39, 0.29) is 6.54 Å². The second-order valence-electron chi connectivity index (χ2n) is 7.31. The molecule has 0 aromatic heterocycles. The van der Waals surface area contributed by atoms with Gasteiger partial charge in [-0.2, -0.15) is 0 Å². The lowest BCUT2D eigenvalue weighted by Gasteiger charge is -2.40. The Balaban J connectivity index is 2.08. The highest BCUT2D eigenvalue weighted by molar-refractivity contribution is 5.85. The zero-order valence-electron chi connectivity index (χ0n) is 14.5. The van der Waals surface area contributed by atoms with Gasteiger partial charge in [0, 0.05) is 13.1 Å². The molecule has 132 valence electrons. The van der Waals surface area contributed by atoms with Gasteiger partial charge in [-0.3, -0.25) is 4.90 Å². The third-order valence-corrected chi connectivity index (χ3v) is 3.97. The Morgan fingerprint density at radius 1 is 1.29 bits per heavy atom. The lowest BCUT2D eigenvalue weighted by Crippen LogP contribution is -2.63. The zero-order valence-corrected chi connectivity index (χ0v) is 14.5. The van der Waals surface area contributed by atoms with Crippen molar-refractivity contribution < 1.29 is 19.4 Å². The number of benzene rings is 1. The molecule has 0 unspecified atom stereocenters. The van der Waals surface area contributed by atoms with Crippen LogP contribution in [0.15, 0.2) is 30.3 Å². The smallest absolute Gasteiger partial charge is 0.408 e. The number of likely N-dealkylation sites (tertiary alicyclic amines) is 1. The normalized spacial score (nSPS) is 22.0. The monoisotopic (exact) mass is 334 g/mol. The largest absolute Gasteiger partial charge is 0.479 e. The molecule has 1 atom stereocenters. The number of nitrogens with one attached hydrogen (secondary N) is 1. The summed E-state index contributed by atoms with van der Waals surface area (Å²) in [6, 6.07) is 9.90. The summed E-state index contributed by atoms with van der Waals surface area (Å²) in [4.78, 5) is 26.0. The molecule has 0 spiro atoms. The van der Waals surface area contributed by atoms with Gasteiger partial charge in [-0.05, 0) is 45.7 Å². The van der Waals surface area contributed by atoms with Gasteiger partial charge in [0.25, 0.3) is 0 Å². The molecule has 0 aliphatic carbocycles. The molecule has 1 fully saturated rings. The molecular formula is C18H26N2O4. The summed E-state index contributed by atoms with van der Waals surface area (Å²) in [5.74, 6) is -1.02. The van der Waals surface area contributed by atoms with E-state index in [2.05, 4.69) is 10.2 Å². The lowest BCUT2D eigenvalue weighted by molar-refractivity contribution is -0.147. The summed E-state index contributed by atoms with van der Waals surface area (Å²) in [6.45, 7) is 6.98. The highest BCUT2D eigenvalue weighted by Gasteiger charge is 2.44. The van der Waals surface area contributed by atoms with Crippen LogP contribution in [0.2, 0.25) is 0 Å². The van der Waals surface area contributed by atoms with Crippen molar-refractivity contribution in [3.63, 3.8) is 0 Å². The van der Waals surface area contributed by atoms with Crippen molar-refractivity contribution in [2.24, 2.45) is 0 Å². The summed E-state index contributed by atoms with van der Waals surface area (Å²) in [5, 5.41) is 12.3. The van der Waals surface area contributed by atoms with Crippen molar-refractivity contribution in [1.29, 1.82) is 0 Å². The fraction of sp³-hybridized carbons (Fsp3) is 0.556. The molecule has 1 amide bonds. The van der Waals surface area contributed by atoms with E-state index in [0.29, 0.717) is 19.4 Å². The van der Waals surface area contributed by atoms with Crippen LogP contribution in [0, 0.1) is 0 Å². The number of hydrogen-bond donors (Lipinski definition) is 2. The van der Waals surface area contributed by atoms with E-state index < -0.39 is 23.2 Å². The number of aliphatic carboxylic acids is 1. The lowest BCUT2D eigenvalue weighted by atomic mass is 9.89. The molecule has 2 rings (SSSR count). The number of amides is 1. The van der Waals surface area contributed by atoms with Crippen molar-refractivity contribution in [2.45, 2.75) is 51.3 Å². The topological polar surface area (TPSA) is 78.9 Å². The molecule has 1 saturated heterocycles. The van der Waals surface area contributed by atoms with Gasteiger partial charge in [0.1, 0.15) is 5.60 Å². The average Bonchev–Trinajstić information content (AvgIpc) is 2.46. The highest BCUT2D eigenvalue weighted by Crippen LogP contribution is 2.24. The number of piperidine rings is 1. The molecule has 1 aromatic rings. The number of rotatable bonds is 4. The number of carbonyl (C=O) groups excluding carboxylic acids is 1. The van der Waals surface area contributed by atoms with Crippen molar-refractivity contribution in [3.05, 3.63) is 35.9 Å². The first-order valence-electron chi connectivity index (χ1n) is 8.21. The molecule has 24 heavy (non-hydrogen) atoms. The Hall–Kier alpha value is -2.08. The van der Waals surface area contributed by atoms with E-state index >= 15 is 0 Å². The Bertz CT molecular complexity index is 582. The SMILES string of the molecule is CC(C)(C)OC(=O)N[C@]1(C(=O)O)CCCN(Cc2ccccc2)C1. The maximum Gasteiger partial charge on any atom is 0.408 e. The number of nitrogens with zero attached hydrogens (tertiary/aromatic N) is 1. The van der Waals surface area contributed by atoms with Crippen LogP contribution in [-0.2, 0) is 16.1 Å². The van der Waals surface area contributed by atoms with Crippen LogP contribution in [0.5, 0.6) is 0 Å². The van der Waals surface area contributed by atoms with Crippen LogP contribution in [-0.4, -0.2) is 46.3 Å². The first-order valence-corrected chi connectivity index (χ1v) is 8.21. The summed E-state index contributed by atoms with van der Waals surface area (Å²) >= 11 is 0. The highest BCUT2D eigenvalue weighted by atomic mass is 16.6. The van der Waals surface area contributed by atoms with Crippen LogP contribution < -0.4 is 5.32 Å². The molecule has 6 nitrogen and oxygen atoms in total. The summed E-state index contributed by atoms with van der Waals surface area (Å²) in [5.41, 5.74) is -0.853. The third kappa shape index (κ3) is 4.96. The Labute approximate surface area is 142 Å². The van der Waals surface area contributed by atoms with Crippen LogP contribution in [0.1, 0.15) is 39.2 Å². The van der Waals surface area contributed by atoms with Crippen LogP contribution in [0.25, 0.3) is 0 Å². The molecule has 0 radical (unpaired) electrons. The molecule has 0 saturated carbocycles. The molecule has 2 N–H and O–H groups in total. The second-order valence-corrected chi connectivity index (χ2v) is 7.31. The summed E-state index contributed by atoms with van der Waals surface area (Å²) in [7, 11) is 0. The van der Waals surface area contributed by atoms with Gasteiger partial charge in [0.15, 0.2) is 5.54 Å². The minimum atomic E-state index is -1.31. The second kappa shape index (κ2) is 7.21. The fourth-order valence-electron chi connectivity index (χ4n) is 2.95. The summed E-state index contributed by atoms with van der Waals surface area (Å²) < 4.78 is 5.24. The zero-order chi connectivity index (χ0) is 17.8. The molecule has 1 heterocycles. The quantitative estimate of drug-likeness (QED) is 0.885. The van der Waals surface area contributed by atoms with E-state index in [0.717, 1.165) is 12.1 Å². The maximum atomic E-state index is 12.1. The Morgan fingerprint density at radius 3 is 2.54 bits per heavy atom. The molecule has 1 aliphatic rings. The number of carboxylic acid groups (broad SMARTS) is 1. The van der Waals surface area contributed by atoms with Gasteiger partial charge >= 0.3 is 12.1 Å². The molecule has 6 heteroatoms. The van der Waals surface area contributed by atoms with Crippen molar-refractivity contribution in [3.8, 4) is 0 Å². The van der Waals surface area contributed by atoms with Gasteiger partial charge in [-0.15, -0.1) is 0 Å². The summed E-state index contributed by atoms with van der Waals surface area (Å²) in [6.07, 6.45) is 0.411.